The minimum absolute atomic E-state index is 0.0117. The van der Waals surface area contributed by atoms with Gasteiger partial charge in [-0.15, -0.1) is 4.73 Å². The second-order valence-corrected chi connectivity index (χ2v) is 6.01. The van der Waals surface area contributed by atoms with Crippen LogP contribution in [0.5, 0.6) is 0 Å². The monoisotopic (exact) mass is 335 g/mol. The van der Waals surface area contributed by atoms with Crippen LogP contribution in [0.3, 0.4) is 0 Å². The summed E-state index contributed by atoms with van der Waals surface area (Å²) in [5.74, 6) is 0. The lowest BCUT2D eigenvalue weighted by atomic mass is 10.0. The van der Waals surface area contributed by atoms with Gasteiger partial charge >= 0.3 is 0 Å². The summed E-state index contributed by atoms with van der Waals surface area (Å²) in [7, 11) is 1.31. The van der Waals surface area contributed by atoms with Crippen LogP contribution < -0.4 is 22.2 Å². The Hall–Kier alpha value is -3.68. The van der Waals surface area contributed by atoms with E-state index in [9.17, 15) is 24.4 Å². The standard InChI is InChI=1S/C17H9N3O5/c1-19-14(21)11-10-9(16(23)20(25)17(10)24)8-6-4-2-3-5-7(6)18-13(8)12(11)15(19)22/h2-5,18,25H,1H3. The summed E-state index contributed by atoms with van der Waals surface area (Å²) in [6, 6.07) is 7.04. The minimum atomic E-state index is -1.00. The Morgan fingerprint density at radius 2 is 1.36 bits per heavy atom. The van der Waals surface area contributed by atoms with Crippen LogP contribution in [0.15, 0.2) is 43.4 Å². The van der Waals surface area contributed by atoms with Crippen molar-refractivity contribution >= 4 is 43.4 Å². The largest absolute Gasteiger partial charge is 0.422 e. The number of nitrogens with zero attached hydrogens (tertiary/aromatic N) is 2. The predicted molar refractivity (Wildman–Crippen MR) is 92.4 cm³/mol. The third-order valence-corrected chi connectivity index (χ3v) is 4.81. The molecule has 0 aliphatic rings. The smallest absolute Gasteiger partial charge is 0.295 e. The number of aromatic amines is 1. The summed E-state index contributed by atoms with van der Waals surface area (Å²) in [4.78, 5) is 53.0. The minimum Gasteiger partial charge on any atom is -0.422 e. The van der Waals surface area contributed by atoms with Gasteiger partial charge in [-0.2, -0.15) is 0 Å². The zero-order chi connectivity index (χ0) is 17.6. The highest BCUT2D eigenvalue weighted by molar-refractivity contribution is 6.31. The molecule has 2 aromatic carbocycles. The Kier molecular flexibility index (Phi) is 2.22. The molecule has 0 saturated heterocycles. The molecule has 0 fully saturated rings. The number of nitrogens with one attached hydrogen (secondary N) is 1. The molecular formula is C17H9N3O5. The van der Waals surface area contributed by atoms with Crippen molar-refractivity contribution < 1.29 is 5.21 Å². The van der Waals surface area contributed by atoms with Crippen LogP contribution in [0, 0.1) is 0 Å². The van der Waals surface area contributed by atoms with E-state index < -0.39 is 22.2 Å². The van der Waals surface area contributed by atoms with Gasteiger partial charge in [-0.05, 0) is 6.07 Å². The van der Waals surface area contributed by atoms with Crippen molar-refractivity contribution in [1.82, 2.24) is 14.3 Å². The molecule has 0 aliphatic carbocycles. The summed E-state index contributed by atoms with van der Waals surface area (Å²) < 4.78 is 0.885. The molecule has 8 heteroatoms. The van der Waals surface area contributed by atoms with Crippen LogP contribution in [0.2, 0.25) is 0 Å². The SMILES string of the molecule is Cn1c(=O)c2c3[nH]c4ccccc4c3c3c(=O)n(O)c(=O)c3c2c1=O. The highest BCUT2D eigenvalue weighted by Crippen LogP contribution is 2.34. The van der Waals surface area contributed by atoms with Gasteiger partial charge in [0.05, 0.1) is 27.1 Å². The molecule has 25 heavy (non-hydrogen) atoms. The average molecular weight is 335 g/mol. The molecule has 122 valence electrons. The van der Waals surface area contributed by atoms with Crippen molar-refractivity contribution in [3.8, 4) is 0 Å². The lowest BCUT2D eigenvalue weighted by Crippen LogP contribution is -2.23. The van der Waals surface area contributed by atoms with Crippen LogP contribution in [0.4, 0.5) is 0 Å². The van der Waals surface area contributed by atoms with Gasteiger partial charge in [0.1, 0.15) is 0 Å². The molecular weight excluding hydrogens is 326 g/mol. The zero-order valence-corrected chi connectivity index (χ0v) is 12.8. The molecule has 0 saturated carbocycles. The maximum Gasteiger partial charge on any atom is 0.295 e. The van der Waals surface area contributed by atoms with Gasteiger partial charge < -0.3 is 10.2 Å². The molecule has 2 N–H and O–H groups in total. The van der Waals surface area contributed by atoms with E-state index in [2.05, 4.69) is 4.98 Å². The first kappa shape index (κ1) is 13.7. The second kappa shape index (κ2) is 4.04. The van der Waals surface area contributed by atoms with Crippen molar-refractivity contribution in [2.75, 3.05) is 0 Å². The van der Waals surface area contributed by atoms with Gasteiger partial charge in [-0.3, -0.25) is 23.7 Å². The molecule has 0 unspecified atom stereocenters. The predicted octanol–water partition coefficient (Wildman–Crippen LogP) is 0.321. The Morgan fingerprint density at radius 3 is 2.08 bits per heavy atom. The summed E-state index contributed by atoms with van der Waals surface area (Å²) in [6.07, 6.45) is 0. The van der Waals surface area contributed by atoms with E-state index in [0.717, 1.165) is 4.57 Å². The molecule has 3 aromatic heterocycles. The van der Waals surface area contributed by atoms with E-state index in [1.54, 1.807) is 24.3 Å². The Labute approximate surface area is 136 Å². The number of H-pyrrole nitrogens is 1. The van der Waals surface area contributed by atoms with Crippen molar-refractivity contribution in [2.24, 2.45) is 7.05 Å². The fourth-order valence-electron chi connectivity index (χ4n) is 3.68. The van der Waals surface area contributed by atoms with Crippen LogP contribution in [0.1, 0.15) is 0 Å². The van der Waals surface area contributed by atoms with Crippen LogP contribution in [0.25, 0.3) is 43.4 Å². The van der Waals surface area contributed by atoms with Crippen LogP contribution in [-0.4, -0.2) is 19.5 Å². The summed E-state index contributed by atoms with van der Waals surface area (Å²) in [5.41, 5.74) is -2.18. The van der Waals surface area contributed by atoms with Gasteiger partial charge in [0.2, 0.25) is 0 Å². The first-order valence-electron chi connectivity index (χ1n) is 7.44. The Balaban J connectivity index is 2.41. The number of hydrogen-bond donors (Lipinski definition) is 2. The van der Waals surface area contributed by atoms with E-state index in [4.69, 9.17) is 0 Å². The molecule has 5 aromatic rings. The van der Waals surface area contributed by atoms with Crippen LogP contribution in [-0.2, 0) is 7.05 Å². The maximum atomic E-state index is 12.6. The number of para-hydroxylation sites is 1. The molecule has 0 radical (unpaired) electrons. The van der Waals surface area contributed by atoms with Gasteiger partial charge in [0, 0.05) is 23.3 Å². The first-order chi connectivity index (χ1) is 11.9. The number of rotatable bonds is 0. The first-order valence-corrected chi connectivity index (χ1v) is 7.44. The van der Waals surface area contributed by atoms with Crippen molar-refractivity contribution in [2.45, 2.75) is 0 Å². The lowest BCUT2D eigenvalue weighted by molar-refractivity contribution is 0.171. The quantitative estimate of drug-likeness (QED) is 0.396. The number of benzene rings is 2. The molecule has 5 rings (SSSR count). The van der Waals surface area contributed by atoms with E-state index in [1.165, 1.54) is 7.05 Å². The van der Waals surface area contributed by atoms with Crippen molar-refractivity contribution in [3.05, 3.63) is 65.7 Å². The number of hydrogen-bond acceptors (Lipinski definition) is 5. The Morgan fingerprint density at radius 1 is 0.800 bits per heavy atom. The molecule has 0 spiro atoms. The van der Waals surface area contributed by atoms with E-state index >= 15 is 0 Å². The summed E-state index contributed by atoms with van der Waals surface area (Å²) in [6.45, 7) is 0. The highest BCUT2D eigenvalue weighted by atomic mass is 16.5. The zero-order valence-electron chi connectivity index (χ0n) is 12.8. The number of aromatic nitrogens is 3. The van der Waals surface area contributed by atoms with E-state index in [1.807, 2.05) is 0 Å². The fourth-order valence-corrected chi connectivity index (χ4v) is 3.68. The third kappa shape index (κ3) is 1.34. The molecule has 0 aliphatic heterocycles. The van der Waals surface area contributed by atoms with Gasteiger partial charge in [-0.1, -0.05) is 18.2 Å². The average Bonchev–Trinajstić information content (AvgIpc) is 3.17. The summed E-state index contributed by atoms with van der Waals surface area (Å²) in [5, 5.41) is 10.4. The van der Waals surface area contributed by atoms with Crippen LogP contribution >= 0.6 is 0 Å². The Bertz CT molecular complexity index is 1590. The fraction of sp³-hybridized carbons (Fsp3) is 0.0588. The topological polar surface area (TPSA) is 114 Å². The maximum absolute atomic E-state index is 12.6. The second-order valence-electron chi connectivity index (χ2n) is 6.01. The normalized spacial score (nSPS) is 12.2. The third-order valence-electron chi connectivity index (χ3n) is 4.81. The van der Waals surface area contributed by atoms with E-state index in [-0.39, 0.29) is 26.3 Å². The molecule has 3 heterocycles. The van der Waals surface area contributed by atoms with Crippen molar-refractivity contribution in [3.63, 3.8) is 0 Å². The van der Waals surface area contributed by atoms with Gasteiger partial charge in [-0.25, -0.2) is 0 Å². The molecule has 0 bridgehead atoms. The van der Waals surface area contributed by atoms with Gasteiger partial charge in [0.15, 0.2) is 0 Å². The lowest BCUT2D eigenvalue weighted by Gasteiger charge is -1.95. The van der Waals surface area contributed by atoms with Crippen molar-refractivity contribution in [1.29, 1.82) is 0 Å². The summed E-state index contributed by atoms with van der Waals surface area (Å²) >= 11 is 0. The molecule has 0 atom stereocenters. The van der Waals surface area contributed by atoms with Gasteiger partial charge in [0.25, 0.3) is 22.2 Å². The molecule has 8 nitrogen and oxygen atoms in total. The number of fused-ring (bicyclic) bond motifs is 8. The van der Waals surface area contributed by atoms with E-state index in [0.29, 0.717) is 21.8 Å². The molecule has 0 amide bonds. The highest BCUT2D eigenvalue weighted by Gasteiger charge is 2.27.